The minimum absolute atomic E-state index is 0.0179. The molecule has 0 heterocycles. The predicted octanol–water partition coefficient (Wildman–Crippen LogP) is 8.37. The second kappa shape index (κ2) is 16.7. The van der Waals surface area contributed by atoms with E-state index in [4.69, 9.17) is 14.2 Å². The second-order valence-electron chi connectivity index (χ2n) is 11.5. The fraction of sp³-hybridized carbons (Fsp3) is 0.529. The smallest absolute Gasteiger partial charge is 0.342 e. The van der Waals surface area contributed by atoms with Crippen molar-refractivity contribution in [1.29, 1.82) is 0 Å². The number of benzene rings is 2. The molecule has 0 aromatic heterocycles. The van der Waals surface area contributed by atoms with Gasteiger partial charge in [0.15, 0.2) is 0 Å². The summed E-state index contributed by atoms with van der Waals surface area (Å²) in [5.41, 5.74) is 1.33. The molecule has 1 saturated carbocycles. The molecular weight excluding hydrogens is 504 g/mol. The van der Waals surface area contributed by atoms with E-state index in [9.17, 15) is 14.7 Å². The molecule has 6 nitrogen and oxygen atoms in total. The number of phenols is 1. The molecule has 0 radical (unpaired) electrons. The number of carbonyl (C=O) groups is 2. The van der Waals surface area contributed by atoms with Gasteiger partial charge in [0.1, 0.15) is 29.3 Å². The van der Waals surface area contributed by atoms with E-state index in [0.29, 0.717) is 5.92 Å². The number of esters is 2. The van der Waals surface area contributed by atoms with Crippen molar-refractivity contribution < 1.29 is 28.9 Å². The lowest BCUT2D eigenvalue weighted by atomic mass is 9.71. The normalized spacial score (nSPS) is 18.8. The SMILES string of the molecule is CC1CC(OC(=O)c2ccccc2O)CC(C)(C)C1.CCCCCC(CC)OC(=O)/C=C/c1ccccc1OC. The van der Waals surface area contributed by atoms with E-state index in [2.05, 4.69) is 27.7 Å². The maximum absolute atomic E-state index is 12.1. The number of rotatable bonds is 11. The summed E-state index contributed by atoms with van der Waals surface area (Å²) in [7, 11) is 1.62. The quantitative estimate of drug-likeness (QED) is 0.171. The lowest BCUT2D eigenvalue weighted by molar-refractivity contribution is -0.143. The molecule has 0 spiro atoms. The van der Waals surface area contributed by atoms with Crippen LogP contribution in [0.25, 0.3) is 6.08 Å². The molecular formula is C34H48O6. The fourth-order valence-corrected chi connectivity index (χ4v) is 5.34. The number of para-hydroxylation sites is 2. The first-order valence-corrected chi connectivity index (χ1v) is 14.6. The lowest BCUT2D eigenvalue weighted by Gasteiger charge is -2.38. The van der Waals surface area contributed by atoms with Crippen molar-refractivity contribution in [3.63, 3.8) is 0 Å². The molecule has 1 aliphatic carbocycles. The summed E-state index contributed by atoms with van der Waals surface area (Å²) in [6, 6.07) is 14.1. The van der Waals surface area contributed by atoms with Gasteiger partial charge in [-0.15, -0.1) is 0 Å². The molecule has 0 bridgehead atoms. The predicted molar refractivity (Wildman–Crippen MR) is 160 cm³/mol. The summed E-state index contributed by atoms with van der Waals surface area (Å²) < 4.78 is 16.3. The van der Waals surface area contributed by atoms with Crippen LogP contribution < -0.4 is 4.74 Å². The highest BCUT2D eigenvalue weighted by Crippen LogP contribution is 2.40. The van der Waals surface area contributed by atoms with E-state index >= 15 is 0 Å². The molecule has 3 atom stereocenters. The molecule has 0 aliphatic heterocycles. The van der Waals surface area contributed by atoms with Crippen molar-refractivity contribution in [1.82, 2.24) is 0 Å². The number of hydrogen-bond acceptors (Lipinski definition) is 6. The Labute approximate surface area is 240 Å². The number of carbonyl (C=O) groups excluding carboxylic acids is 2. The zero-order valence-corrected chi connectivity index (χ0v) is 25.2. The van der Waals surface area contributed by atoms with Crippen molar-refractivity contribution in [3.8, 4) is 11.5 Å². The minimum Gasteiger partial charge on any atom is -0.507 e. The van der Waals surface area contributed by atoms with Gasteiger partial charge in [0.25, 0.3) is 0 Å². The van der Waals surface area contributed by atoms with Gasteiger partial charge in [-0.25, -0.2) is 9.59 Å². The summed E-state index contributed by atoms with van der Waals surface area (Å²) in [6.07, 6.45) is 11.4. The van der Waals surface area contributed by atoms with Gasteiger partial charge in [-0.1, -0.05) is 77.8 Å². The Morgan fingerprint density at radius 3 is 2.40 bits per heavy atom. The molecule has 0 saturated heterocycles. The van der Waals surface area contributed by atoms with Gasteiger partial charge in [-0.3, -0.25) is 0 Å². The van der Waals surface area contributed by atoms with Gasteiger partial charge in [-0.05, 0) is 74.1 Å². The second-order valence-corrected chi connectivity index (χ2v) is 11.5. The van der Waals surface area contributed by atoms with Crippen molar-refractivity contribution >= 4 is 18.0 Å². The van der Waals surface area contributed by atoms with Crippen LogP contribution >= 0.6 is 0 Å². The van der Waals surface area contributed by atoms with E-state index < -0.39 is 5.97 Å². The Morgan fingerprint density at radius 1 is 1.05 bits per heavy atom. The Morgan fingerprint density at radius 2 is 1.75 bits per heavy atom. The number of phenolic OH excluding ortho intramolecular Hbond substituents is 1. The van der Waals surface area contributed by atoms with E-state index in [1.165, 1.54) is 25.0 Å². The van der Waals surface area contributed by atoms with E-state index in [1.807, 2.05) is 31.2 Å². The van der Waals surface area contributed by atoms with Crippen LogP contribution in [0.4, 0.5) is 0 Å². The van der Waals surface area contributed by atoms with Crippen LogP contribution in [0.2, 0.25) is 0 Å². The van der Waals surface area contributed by atoms with Crippen LogP contribution in [0, 0.1) is 11.3 Å². The van der Waals surface area contributed by atoms with Crippen molar-refractivity contribution in [2.45, 2.75) is 98.2 Å². The summed E-state index contributed by atoms with van der Waals surface area (Å²) >= 11 is 0. The van der Waals surface area contributed by atoms with E-state index in [1.54, 1.807) is 31.4 Å². The highest BCUT2D eigenvalue weighted by molar-refractivity contribution is 5.92. The Bertz CT molecular complexity index is 1090. The maximum Gasteiger partial charge on any atom is 0.342 e. The van der Waals surface area contributed by atoms with Crippen LogP contribution in [0.5, 0.6) is 11.5 Å². The van der Waals surface area contributed by atoms with Gasteiger partial charge in [-0.2, -0.15) is 0 Å². The van der Waals surface area contributed by atoms with Crippen molar-refractivity contribution in [2.75, 3.05) is 7.11 Å². The van der Waals surface area contributed by atoms with Gasteiger partial charge >= 0.3 is 11.9 Å². The van der Waals surface area contributed by atoms with Gasteiger partial charge < -0.3 is 19.3 Å². The summed E-state index contributed by atoms with van der Waals surface area (Å²) in [5.74, 6) is 0.579. The topological polar surface area (TPSA) is 82.1 Å². The molecule has 1 N–H and O–H groups in total. The molecule has 2 aromatic carbocycles. The number of unbranched alkanes of at least 4 members (excludes halogenated alkanes) is 2. The zero-order valence-electron chi connectivity index (χ0n) is 25.2. The Kier molecular flexibility index (Phi) is 13.8. The third-order valence-electron chi connectivity index (χ3n) is 7.15. The van der Waals surface area contributed by atoms with Crippen LogP contribution in [0.1, 0.15) is 102 Å². The monoisotopic (exact) mass is 552 g/mol. The lowest BCUT2D eigenvalue weighted by Crippen LogP contribution is -2.34. The van der Waals surface area contributed by atoms with Crippen LogP contribution in [-0.2, 0) is 14.3 Å². The molecule has 220 valence electrons. The third-order valence-corrected chi connectivity index (χ3v) is 7.15. The van der Waals surface area contributed by atoms with Gasteiger partial charge in [0.05, 0.1) is 7.11 Å². The summed E-state index contributed by atoms with van der Waals surface area (Å²) in [5, 5.41) is 9.66. The average Bonchev–Trinajstić information content (AvgIpc) is 2.91. The third kappa shape index (κ3) is 11.4. The maximum atomic E-state index is 12.1. The van der Waals surface area contributed by atoms with Crippen LogP contribution in [0.15, 0.2) is 54.6 Å². The van der Waals surface area contributed by atoms with Gasteiger partial charge in [0, 0.05) is 11.6 Å². The first kappa shape index (κ1) is 32.9. The highest BCUT2D eigenvalue weighted by atomic mass is 16.5. The Balaban J connectivity index is 0.000000281. The largest absolute Gasteiger partial charge is 0.507 e. The average molecular weight is 553 g/mol. The first-order valence-electron chi connectivity index (χ1n) is 14.6. The van der Waals surface area contributed by atoms with Crippen molar-refractivity contribution in [2.24, 2.45) is 11.3 Å². The molecule has 0 amide bonds. The van der Waals surface area contributed by atoms with Crippen LogP contribution in [-0.4, -0.2) is 36.4 Å². The Hall–Kier alpha value is -3.28. The molecule has 6 heteroatoms. The minimum atomic E-state index is -0.423. The van der Waals surface area contributed by atoms with Crippen molar-refractivity contribution in [3.05, 3.63) is 65.7 Å². The first-order chi connectivity index (χ1) is 19.1. The molecule has 2 aromatic rings. The number of aromatic hydroxyl groups is 1. The fourth-order valence-electron chi connectivity index (χ4n) is 5.34. The van der Waals surface area contributed by atoms with E-state index in [0.717, 1.165) is 49.8 Å². The number of hydrogen-bond donors (Lipinski definition) is 1. The number of methoxy groups -OCH3 is 1. The van der Waals surface area contributed by atoms with Gasteiger partial charge in [0.2, 0.25) is 0 Å². The molecule has 3 rings (SSSR count). The standard InChI is InChI=1S/C18H26O3.C16H22O3/c1-4-6-7-11-16(5-2)21-18(19)14-13-15-10-8-9-12-17(15)20-3;1-11-8-12(10-16(2,3)9-11)19-15(18)13-6-4-5-7-14(13)17/h8-10,12-14,16H,4-7,11H2,1-3H3;4-7,11-12,17H,8-10H2,1-3H3/b14-13+;. The summed E-state index contributed by atoms with van der Waals surface area (Å²) in [4.78, 5) is 23.9. The number of ether oxygens (including phenoxy) is 3. The highest BCUT2D eigenvalue weighted by Gasteiger charge is 2.34. The molecule has 1 aliphatic rings. The molecule has 40 heavy (non-hydrogen) atoms. The van der Waals surface area contributed by atoms with Crippen LogP contribution in [0.3, 0.4) is 0 Å². The van der Waals surface area contributed by atoms with E-state index in [-0.39, 0.29) is 34.9 Å². The summed E-state index contributed by atoms with van der Waals surface area (Å²) in [6.45, 7) is 10.8. The molecule has 1 fully saturated rings. The molecule has 3 unspecified atom stereocenters. The zero-order chi connectivity index (χ0) is 29.5.